The van der Waals surface area contributed by atoms with Gasteiger partial charge < -0.3 is 14.7 Å². The topological polar surface area (TPSA) is 121 Å². The van der Waals surface area contributed by atoms with E-state index in [9.17, 15) is 32.5 Å². The van der Waals surface area contributed by atoms with Gasteiger partial charge in [-0.3, -0.25) is 19.7 Å². The molecule has 0 saturated carbocycles. The van der Waals surface area contributed by atoms with Crippen molar-refractivity contribution in [2.24, 2.45) is 0 Å². The van der Waals surface area contributed by atoms with Gasteiger partial charge in [0.25, 0.3) is 11.6 Å². The van der Waals surface area contributed by atoms with Crippen LogP contribution >= 0.6 is 0 Å². The second-order valence-corrected chi connectivity index (χ2v) is 9.70. The van der Waals surface area contributed by atoms with Crippen LogP contribution in [0.25, 0.3) is 0 Å². The molecule has 33 heavy (non-hydrogen) atoms. The highest BCUT2D eigenvalue weighted by Crippen LogP contribution is 2.25. The number of hydrogen-bond donors (Lipinski definition) is 0. The van der Waals surface area contributed by atoms with Crippen LogP contribution in [0.3, 0.4) is 0 Å². The number of sulfone groups is 1. The summed E-state index contributed by atoms with van der Waals surface area (Å²) in [4.78, 5) is 40.1. The highest BCUT2D eigenvalue weighted by Gasteiger charge is 2.27. The summed E-state index contributed by atoms with van der Waals surface area (Å²) in [6.07, 6.45) is 0.845. The van der Waals surface area contributed by atoms with Crippen molar-refractivity contribution in [3.63, 3.8) is 0 Å². The van der Waals surface area contributed by atoms with Crippen molar-refractivity contribution in [1.29, 1.82) is 0 Å². The Balaban J connectivity index is 1.63. The molecule has 1 heterocycles. The third kappa shape index (κ3) is 5.64. The van der Waals surface area contributed by atoms with E-state index in [1.807, 2.05) is 4.90 Å². The Morgan fingerprint density at radius 3 is 2.24 bits per heavy atom. The lowest BCUT2D eigenvalue weighted by molar-refractivity contribution is -0.387. The van der Waals surface area contributed by atoms with Gasteiger partial charge >= 0.3 is 0 Å². The number of nitro benzene ring substituents is 1. The summed E-state index contributed by atoms with van der Waals surface area (Å²) in [6.45, 7) is 1.71. The standard InChI is InChI=1S/C21H23FN4O6S/c1-23(21(28)15-3-8-19(33(2,31)32)18(13-15)26(29)30)14-20(27)25-11-9-24(10-12-25)17-6-4-16(22)5-7-17/h3-8,13H,9-12,14H2,1-2H3. The Bertz CT molecular complexity index is 1180. The molecule has 0 spiro atoms. The van der Waals surface area contributed by atoms with Gasteiger partial charge in [0.15, 0.2) is 9.84 Å². The number of halogens is 1. The molecule has 3 rings (SSSR count). The number of likely N-dealkylation sites (N-methyl/N-ethyl adjacent to an activating group) is 1. The molecule has 1 aliphatic heterocycles. The summed E-state index contributed by atoms with van der Waals surface area (Å²) in [7, 11) is -2.46. The second kappa shape index (κ2) is 9.53. The van der Waals surface area contributed by atoms with Crippen LogP contribution in [0.1, 0.15) is 10.4 Å². The highest BCUT2D eigenvalue weighted by atomic mass is 32.2. The van der Waals surface area contributed by atoms with Crippen molar-refractivity contribution in [1.82, 2.24) is 9.80 Å². The normalized spacial score (nSPS) is 14.2. The molecule has 0 aromatic heterocycles. The van der Waals surface area contributed by atoms with Crippen LogP contribution < -0.4 is 4.90 Å². The van der Waals surface area contributed by atoms with E-state index in [1.54, 1.807) is 17.0 Å². The van der Waals surface area contributed by atoms with Gasteiger partial charge in [0.05, 0.1) is 11.5 Å². The van der Waals surface area contributed by atoms with E-state index in [1.165, 1.54) is 25.2 Å². The number of hydrogen-bond acceptors (Lipinski definition) is 7. The number of nitro groups is 1. The minimum Gasteiger partial charge on any atom is -0.368 e. The number of amides is 2. The van der Waals surface area contributed by atoms with Crippen LogP contribution in [0.15, 0.2) is 47.4 Å². The summed E-state index contributed by atoms with van der Waals surface area (Å²) in [6, 6.07) is 9.21. The molecule has 0 N–H and O–H groups in total. The molecular weight excluding hydrogens is 455 g/mol. The zero-order chi connectivity index (χ0) is 24.3. The zero-order valence-electron chi connectivity index (χ0n) is 18.1. The molecule has 0 bridgehead atoms. The molecule has 176 valence electrons. The number of nitrogens with zero attached hydrogens (tertiary/aromatic N) is 4. The maximum atomic E-state index is 13.1. The van der Waals surface area contributed by atoms with Gasteiger partial charge in [-0.2, -0.15) is 0 Å². The first kappa shape index (κ1) is 24.1. The average Bonchev–Trinajstić information content (AvgIpc) is 2.78. The first-order valence-electron chi connectivity index (χ1n) is 9.99. The SMILES string of the molecule is CN(CC(=O)N1CCN(c2ccc(F)cc2)CC1)C(=O)c1ccc(S(C)(=O)=O)c([N+](=O)[O-])c1. The van der Waals surface area contributed by atoms with Gasteiger partial charge in [0, 0.05) is 56.8 Å². The van der Waals surface area contributed by atoms with Crippen LogP contribution in [0.4, 0.5) is 15.8 Å². The summed E-state index contributed by atoms with van der Waals surface area (Å²) >= 11 is 0. The van der Waals surface area contributed by atoms with Crippen molar-refractivity contribution in [3.8, 4) is 0 Å². The van der Waals surface area contributed by atoms with Crippen molar-refractivity contribution < 1.29 is 27.3 Å². The van der Waals surface area contributed by atoms with Crippen molar-refractivity contribution in [2.75, 3.05) is 50.9 Å². The quantitative estimate of drug-likeness (QED) is 0.456. The summed E-state index contributed by atoms with van der Waals surface area (Å²) in [5.41, 5.74) is 0.0699. The molecule has 0 radical (unpaired) electrons. The maximum absolute atomic E-state index is 13.1. The van der Waals surface area contributed by atoms with Gasteiger partial charge in [-0.1, -0.05) is 0 Å². The molecule has 1 fully saturated rings. The number of benzene rings is 2. The predicted octanol–water partition coefficient (Wildman–Crippen LogP) is 1.56. The van der Waals surface area contributed by atoms with Crippen molar-refractivity contribution in [3.05, 3.63) is 64.0 Å². The number of carbonyl (C=O) groups excluding carboxylic acids is 2. The van der Waals surface area contributed by atoms with Gasteiger partial charge in [-0.15, -0.1) is 0 Å². The van der Waals surface area contributed by atoms with Crippen LogP contribution in [-0.2, 0) is 14.6 Å². The van der Waals surface area contributed by atoms with Gasteiger partial charge in [0.1, 0.15) is 10.7 Å². The molecule has 0 atom stereocenters. The lowest BCUT2D eigenvalue weighted by atomic mass is 10.1. The van der Waals surface area contributed by atoms with Crippen LogP contribution in [0.5, 0.6) is 0 Å². The fraction of sp³-hybridized carbons (Fsp3) is 0.333. The molecular formula is C21H23FN4O6S. The molecule has 2 amide bonds. The first-order chi connectivity index (χ1) is 15.5. The molecule has 2 aromatic carbocycles. The smallest absolute Gasteiger partial charge is 0.288 e. The number of rotatable bonds is 6. The molecule has 0 unspecified atom stereocenters. The second-order valence-electron chi connectivity index (χ2n) is 7.72. The van der Waals surface area contributed by atoms with E-state index in [-0.39, 0.29) is 23.8 Å². The van der Waals surface area contributed by atoms with E-state index < -0.39 is 31.3 Å². The lowest BCUT2D eigenvalue weighted by Crippen LogP contribution is -2.51. The van der Waals surface area contributed by atoms with Gasteiger partial charge in [0.2, 0.25) is 5.91 Å². The Labute approximate surface area is 190 Å². The molecule has 2 aromatic rings. The minimum atomic E-state index is -3.85. The Morgan fingerprint density at radius 2 is 1.70 bits per heavy atom. The monoisotopic (exact) mass is 478 g/mol. The van der Waals surface area contributed by atoms with Crippen molar-refractivity contribution in [2.45, 2.75) is 4.90 Å². The number of carbonyl (C=O) groups is 2. The highest BCUT2D eigenvalue weighted by molar-refractivity contribution is 7.90. The molecule has 12 heteroatoms. The van der Waals surface area contributed by atoms with Gasteiger partial charge in [-0.05, 0) is 36.4 Å². The number of piperazine rings is 1. The summed E-state index contributed by atoms with van der Waals surface area (Å²) in [5.74, 6) is -1.25. The van der Waals surface area contributed by atoms with Crippen molar-refractivity contribution >= 4 is 33.0 Å². The Hall–Kier alpha value is -3.54. The van der Waals surface area contributed by atoms with E-state index in [4.69, 9.17) is 0 Å². The Morgan fingerprint density at radius 1 is 1.09 bits per heavy atom. The van der Waals surface area contributed by atoms with Crippen LogP contribution in [0, 0.1) is 15.9 Å². The summed E-state index contributed by atoms with van der Waals surface area (Å²) in [5, 5.41) is 11.3. The van der Waals surface area contributed by atoms with Crippen LogP contribution in [-0.4, -0.2) is 81.0 Å². The maximum Gasteiger partial charge on any atom is 0.288 e. The lowest BCUT2D eigenvalue weighted by Gasteiger charge is -2.36. The fourth-order valence-corrected chi connectivity index (χ4v) is 4.40. The Kier molecular flexibility index (Phi) is 6.96. The third-order valence-corrected chi connectivity index (χ3v) is 6.49. The van der Waals surface area contributed by atoms with Gasteiger partial charge in [-0.25, -0.2) is 12.8 Å². The average molecular weight is 479 g/mol. The molecule has 1 aliphatic rings. The van der Waals surface area contributed by atoms with Crippen LogP contribution in [0.2, 0.25) is 0 Å². The summed E-state index contributed by atoms with van der Waals surface area (Å²) < 4.78 is 36.6. The fourth-order valence-electron chi connectivity index (χ4n) is 3.57. The first-order valence-corrected chi connectivity index (χ1v) is 11.9. The zero-order valence-corrected chi connectivity index (χ0v) is 18.9. The molecule has 1 saturated heterocycles. The van der Waals surface area contributed by atoms with E-state index in [0.29, 0.717) is 26.2 Å². The molecule has 10 nitrogen and oxygen atoms in total. The predicted molar refractivity (Wildman–Crippen MR) is 118 cm³/mol. The third-order valence-electron chi connectivity index (χ3n) is 5.35. The van der Waals surface area contributed by atoms with E-state index in [0.717, 1.165) is 29.0 Å². The largest absolute Gasteiger partial charge is 0.368 e. The minimum absolute atomic E-state index is 0.0921. The molecule has 0 aliphatic carbocycles. The van der Waals surface area contributed by atoms with E-state index in [2.05, 4.69) is 0 Å². The number of anilines is 1. The van der Waals surface area contributed by atoms with E-state index >= 15 is 0 Å².